The Balaban J connectivity index is 1.46. The van der Waals surface area contributed by atoms with Gasteiger partial charge in [-0.05, 0) is 30.0 Å². The molecule has 0 atom stereocenters. The summed E-state index contributed by atoms with van der Waals surface area (Å²) in [6.45, 7) is 0. The summed E-state index contributed by atoms with van der Waals surface area (Å²) in [5.41, 5.74) is 1.04. The van der Waals surface area contributed by atoms with Gasteiger partial charge in [0.15, 0.2) is 5.13 Å². The van der Waals surface area contributed by atoms with Crippen molar-refractivity contribution in [1.29, 1.82) is 0 Å². The minimum absolute atomic E-state index is 0.0586. The first-order chi connectivity index (χ1) is 11.7. The monoisotopic (exact) mass is 346 g/mol. The molecule has 3 nitrogen and oxygen atoms in total. The number of amides is 1. The number of aromatic nitrogens is 1. The smallest absolute Gasteiger partial charge is 0.226 e. The van der Waals surface area contributed by atoms with Crippen LogP contribution in [-0.2, 0) is 11.2 Å². The number of thiazole rings is 1. The maximum atomic E-state index is 12.9. The van der Waals surface area contributed by atoms with Crippen LogP contribution in [0.4, 0.5) is 9.52 Å². The van der Waals surface area contributed by atoms with Crippen LogP contribution in [0.1, 0.15) is 55.4 Å². The van der Waals surface area contributed by atoms with Crippen LogP contribution in [0.25, 0.3) is 0 Å². The number of nitrogens with one attached hydrogen (secondary N) is 1. The molecule has 1 aliphatic carbocycles. The van der Waals surface area contributed by atoms with Crippen molar-refractivity contribution in [3.8, 4) is 0 Å². The molecule has 1 aromatic carbocycles. The number of anilines is 1. The second-order valence-electron chi connectivity index (χ2n) is 6.53. The first-order valence-corrected chi connectivity index (χ1v) is 9.50. The van der Waals surface area contributed by atoms with Crippen molar-refractivity contribution >= 4 is 22.4 Å². The van der Waals surface area contributed by atoms with Crippen molar-refractivity contribution < 1.29 is 9.18 Å². The van der Waals surface area contributed by atoms with Gasteiger partial charge in [0.2, 0.25) is 5.91 Å². The second kappa shape index (κ2) is 8.38. The maximum absolute atomic E-state index is 12.9. The summed E-state index contributed by atoms with van der Waals surface area (Å²) in [5, 5.41) is 3.56. The summed E-state index contributed by atoms with van der Waals surface area (Å²) >= 11 is 1.48. The van der Waals surface area contributed by atoms with E-state index in [4.69, 9.17) is 0 Å². The number of benzene rings is 1. The Bertz CT molecular complexity index is 662. The molecule has 1 aromatic heterocycles. The number of carbonyl (C=O) groups excluding carboxylic acids is 1. The summed E-state index contributed by atoms with van der Waals surface area (Å²) in [4.78, 5) is 17.4. The summed E-state index contributed by atoms with van der Waals surface area (Å²) in [7, 11) is 0. The first-order valence-electron chi connectivity index (χ1n) is 8.68. The Morgan fingerprint density at radius 2 is 1.96 bits per heavy atom. The summed E-state index contributed by atoms with van der Waals surface area (Å²) in [6, 6.07) is 6.48. The van der Waals surface area contributed by atoms with Crippen molar-refractivity contribution in [1.82, 2.24) is 4.98 Å². The van der Waals surface area contributed by atoms with Crippen molar-refractivity contribution in [2.45, 2.75) is 51.4 Å². The standard InChI is InChI=1S/C19H23FN2OS/c20-16-9-6-15(7-10-16)12-17-13-21-19(24-17)22-18(23)11-8-14-4-2-1-3-5-14/h6-7,9-10,13-14H,1-5,8,11-12H2,(H,21,22,23). The van der Waals surface area contributed by atoms with Crippen molar-refractivity contribution in [3.63, 3.8) is 0 Å². The van der Waals surface area contributed by atoms with Crippen LogP contribution in [0, 0.1) is 11.7 Å². The SMILES string of the molecule is O=C(CCC1CCCCC1)Nc1ncc(Cc2ccc(F)cc2)s1. The highest BCUT2D eigenvalue weighted by Gasteiger charge is 2.15. The fourth-order valence-electron chi connectivity index (χ4n) is 3.24. The Morgan fingerprint density at radius 1 is 1.21 bits per heavy atom. The number of hydrogen-bond acceptors (Lipinski definition) is 3. The Hall–Kier alpha value is -1.75. The van der Waals surface area contributed by atoms with E-state index in [1.54, 1.807) is 18.3 Å². The average molecular weight is 346 g/mol. The predicted molar refractivity (Wildman–Crippen MR) is 95.8 cm³/mol. The zero-order valence-corrected chi connectivity index (χ0v) is 14.6. The lowest BCUT2D eigenvalue weighted by Gasteiger charge is -2.20. The van der Waals surface area contributed by atoms with Crippen LogP contribution in [0.2, 0.25) is 0 Å². The van der Waals surface area contributed by atoms with Crippen LogP contribution in [-0.4, -0.2) is 10.9 Å². The molecule has 0 radical (unpaired) electrons. The van der Waals surface area contributed by atoms with Crippen molar-refractivity contribution in [3.05, 3.63) is 46.7 Å². The summed E-state index contributed by atoms with van der Waals surface area (Å²) in [5.74, 6) is 0.548. The van der Waals surface area contributed by atoms with E-state index in [9.17, 15) is 9.18 Å². The normalized spacial score (nSPS) is 15.4. The third kappa shape index (κ3) is 5.13. The number of rotatable bonds is 6. The number of carbonyl (C=O) groups is 1. The summed E-state index contributed by atoms with van der Waals surface area (Å²) in [6.07, 6.45) is 10.6. The van der Waals surface area contributed by atoms with Gasteiger partial charge in [-0.25, -0.2) is 9.37 Å². The Kier molecular flexibility index (Phi) is 5.96. The minimum Gasteiger partial charge on any atom is -0.302 e. The lowest BCUT2D eigenvalue weighted by molar-refractivity contribution is -0.116. The van der Waals surface area contributed by atoms with E-state index in [0.29, 0.717) is 18.0 Å². The Labute approximate surface area is 146 Å². The number of nitrogens with zero attached hydrogens (tertiary/aromatic N) is 1. The van der Waals surface area contributed by atoms with Gasteiger partial charge in [0.25, 0.3) is 0 Å². The molecule has 0 aliphatic heterocycles. The lowest BCUT2D eigenvalue weighted by atomic mass is 9.86. The van der Waals surface area contributed by atoms with Crippen LogP contribution < -0.4 is 5.32 Å². The van der Waals surface area contributed by atoms with Gasteiger partial charge < -0.3 is 5.32 Å². The zero-order valence-electron chi connectivity index (χ0n) is 13.8. The largest absolute Gasteiger partial charge is 0.302 e. The predicted octanol–water partition coefficient (Wildman–Crippen LogP) is 5.17. The molecule has 0 unspecified atom stereocenters. The quantitative estimate of drug-likeness (QED) is 0.784. The van der Waals surface area contributed by atoms with E-state index in [-0.39, 0.29) is 11.7 Å². The molecule has 2 aromatic rings. The number of hydrogen-bond donors (Lipinski definition) is 1. The highest BCUT2D eigenvalue weighted by Crippen LogP contribution is 2.27. The average Bonchev–Trinajstić information content (AvgIpc) is 3.03. The molecule has 1 N–H and O–H groups in total. The van der Waals surface area contributed by atoms with E-state index < -0.39 is 0 Å². The molecule has 0 spiro atoms. The lowest BCUT2D eigenvalue weighted by Crippen LogP contribution is -2.14. The van der Waals surface area contributed by atoms with Gasteiger partial charge in [-0.2, -0.15) is 0 Å². The maximum Gasteiger partial charge on any atom is 0.226 e. The molecule has 5 heteroatoms. The second-order valence-corrected chi connectivity index (χ2v) is 7.64. The van der Waals surface area contributed by atoms with Crippen molar-refractivity contribution in [2.75, 3.05) is 5.32 Å². The molecular formula is C19H23FN2OS. The van der Waals surface area contributed by atoms with E-state index in [1.165, 1.54) is 55.6 Å². The van der Waals surface area contributed by atoms with E-state index in [0.717, 1.165) is 22.8 Å². The fourth-order valence-corrected chi connectivity index (χ4v) is 4.11. The first kappa shape index (κ1) is 17.1. The molecule has 1 fully saturated rings. The summed E-state index contributed by atoms with van der Waals surface area (Å²) < 4.78 is 12.9. The molecule has 24 heavy (non-hydrogen) atoms. The molecule has 128 valence electrons. The topological polar surface area (TPSA) is 42.0 Å². The third-order valence-electron chi connectivity index (χ3n) is 4.60. The van der Waals surface area contributed by atoms with Gasteiger partial charge in [0.1, 0.15) is 5.82 Å². The molecule has 0 bridgehead atoms. The van der Waals surface area contributed by atoms with E-state index >= 15 is 0 Å². The fraction of sp³-hybridized carbons (Fsp3) is 0.474. The molecule has 1 amide bonds. The number of halogens is 1. The van der Waals surface area contributed by atoms with Gasteiger partial charge in [-0.3, -0.25) is 4.79 Å². The third-order valence-corrected chi connectivity index (χ3v) is 5.51. The van der Waals surface area contributed by atoms with Gasteiger partial charge >= 0.3 is 0 Å². The van der Waals surface area contributed by atoms with Gasteiger partial charge in [-0.1, -0.05) is 44.2 Å². The molecule has 1 heterocycles. The Morgan fingerprint density at radius 3 is 2.71 bits per heavy atom. The minimum atomic E-state index is -0.228. The van der Waals surface area contributed by atoms with Crippen LogP contribution in [0.15, 0.2) is 30.5 Å². The van der Waals surface area contributed by atoms with Gasteiger partial charge in [0.05, 0.1) is 0 Å². The van der Waals surface area contributed by atoms with Crippen LogP contribution in [0.3, 0.4) is 0 Å². The molecule has 1 saturated carbocycles. The zero-order chi connectivity index (χ0) is 16.8. The highest BCUT2D eigenvalue weighted by molar-refractivity contribution is 7.15. The molecule has 1 aliphatic rings. The van der Waals surface area contributed by atoms with Crippen LogP contribution >= 0.6 is 11.3 Å². The van der Waals surface area contributed by atoms with E-state index in [2.05, 4.69) is 10.3 Å². The van der Waals surface area contributed by atoms with Gasteiger partial charge in [0, 0.05) is 23.9 Å². The van der Waals surface area contributed by atoms with Crippen molar-refractivity contribution in [2.24, 2.45) is 5.92 Å². The van der Waals surface area contributed by atoms with Gasteiger partial charge in [-0.15, -0.1) is 11.3 Å². The van der Waals surface area contributed by atoms with E-state index in [1.807, 2.05) is 0 Å². The molecular weight excluding hydrogens is 323 g/mol. The molecule has 0 saturated heterocycles. The highest BCUT2D eigenvalue weighted by atomic mass is 32.1. The van der Waals surface area contributed by atoms with Crippen LogP contribution in [0.5, 0.6) is 0 Å². The molecule has 3 rings (SSSR count).